The highest BCUT2D eigenvalue weighted by atomic mass is 35.5. The summed E-state index contributed by atoms with van der Waals surface area (Å²) < 4.78 is 0. The molecule has 0 aromatic carbocycles. The second-order valence-electron chi connectivity index (χ2n) is 5.24. The lowest BCUT2D eigenvalue weighted by atomic mass is 9.68. The summed E-state index contributed by atoms with van der Waals surface area (Å²) in [7, 11) is 0. The Morgan fingerprint density at radius 1 is 1.35 bits per heavy atom. The van der Waals surface area contributed by atoms with Gasteiger partial charge in [0.15, 0.2) is 0 Å². The third kappa shape index (κ3) is 3.11. The topological polar surface area (TPSA) is 42.0 Å². The number of pyridine rings is 1. The van der Waals surface area contributed by atoms with Crippen LogP contribution in [0, 0.1) is 5.41 Å². The van der Waals surface area contributed by atoms with Crippen LogP contribution in [0.5, 0.6) is 0 Å². The summed E-state index contributed by atoms with van der Waals surface area (Å²) in [5, 5.41) is 3.42. The molecule has 5 heteroatoms. The van der Waals surface area contributed by atoms with Crippen molar-refractivity contribution in [3.8, 4) is 0 Å². The summed E-state index contributed by atoms with van der Waals surface area (Å²) >= 11 is 11.5. The number of carbonyl (C=O) groups is 1. The summed E-state index contributed by atoms with van der Waals surface area (Å²) in [6.45, 7) is 4.38. The average molecular weight is 273 g/mol. The van der Waals surface area contributed by atoms with E-state index in [1.165, 1.54) is 12.1 Å². The van der Waals surface area contributed by atoms with Gasteiger partial charge in [0.05, 0.1) is 0 Å². The number of rotatable bonds is 2. The van der Waals surface area contributed by atoms with Crippen molar-refractivity contribution in [1.29, 1.82) is 0 Å². The van der Waals surface area contributed by atoms with E-state index in [2.05, 4.69) is 24.1 Å². The molecule has 0 atom stereocenters. The van der Waals surface area contributed by atoms with E-state index < -0.39 is 0 Å². The van der Waals surface area contributed by atoms with Gasteiger partial charge in [0.1, 0.15) is 10.3 Å². The average Bonchev–Trinajstić information content (AvgIpc) is 2.13. The number of hydrogen-bond acceptors (Lipinski definition) is 2. The zero-order valence-corrected chi connectivity index (χ0v) is 11.3. The van der Waals surface area contributed by atoms with Crippen LogP contribution in [0.2, 0.25) is 10.3 Å². The molecule has 1 aromatic rings. The molecule has 1 fully saturated rings. The van der Waals surface area contributed by atoms with Gasteiger partial charge >= 0.3 is 0 Å². The van der Waals surface area contributed by atoms with Crippen LogP contribution < -0.4 is 5.32 Å². The third-order valence-electron chi connectivity index (χ3n) is 2.96. The van der Waals surface area contributed by atoms with Gasteiger partial charge in [-0.05, 0) is 30.4 Å². The van der Waals surface area contributed by atoms with E-state index >= 15 is 0 Å². The summed E-state index contributed by atoms with van der Waals surface area (Å²) in [6, 6.07) is 3.29. The molecule has 92 valence electrons. The van der Waals surface area contributed by atoms with Gasteiger partial charge in [0, 0.05) is 11.6 Å². The van der Waals surface area contributed by atoms with Gasteiger partial charge in [-0.2, -0.15) is 0 Å². The predicted octanol–water partition coefficient (Wildman–Crippen LogP) is 3.31. The number of hydrogen-bond donors (Lipinski definition) is 1. The van der Waals surface area contributed by atoms with Gasteiger partial charge in [-0.15, -0.1) is 0 Å². The highest BCUT2D eigenvalue weighted by molar-refractivity contribution is 6.33. The Balaban J connectivity index is 2.01. The first kappa shape index (κ1) is 12.7. The second kappa shape index (κ2) is 4.46. The highest BCUT2D eigenvalue weighted by Crippen LogP contribution is 2.39. The van der Waals surface area contributed by atoms with Crippen LogP contribution in [0.4, 0.5) is 0 Å². The maximum Gasteiger partial charge on any atom is 0.251 e. The van der Waals surface area contributed by atoms with Gasteiger partial charge in [0.25, 0.3) is 5.91 Å². The minimum atomic E-state index is -0.142. The van der Waals surface area contributed by atoms with Crippen molar-refractivity contribution in [1.82, 2.24) is 10.3 Å². The van der Waals surface area contributed by atoms with Gasteiger partial charge in [-0.1, -0.05) is 37.0 Å². The first-order valence-electron chi connectivity index (χ1n) is 5.50. The smallest absolute Gasteiger partial charge is 0.251 e. The number of nitrogens with zero attached hydrogens (tertiary/aromatic N) is 1. The monoisotopic (exact) mass is 272 g/mol. The Bertz CT molecular complexity index is 432. The molecule has 3 nitrogen and oxygen atoms in total. The van der Waals surface area contributed by atoms with Gasteiger partial charge < -0.3 is 5.32 Å². The molecular weight excluding hydrogens is 259 g/mol. The Labute approximate surface area is 111 Å². The van der Waals surface area contributed by atoms with E-state index in [9.17, 15) is 4.79 Å². The van der Waals surface area contributed by atoms with Crippen molar-refractivity contribution in [3.05, 3.63) is 28.0 Å². The molecule has 0 bridgehead atoms. The zero-order chi connectivity index (χ0) is 12.6. The van der Waals surface area contributed by atoms with Gasteiger partial charge in [-0.25, -0.2) is 4.98 Å². The van der Waals surface area contributed by atoms with Gasteiger partial charge in [-0.3, -0.25) is 4.79 Å². The molecule has 2 rings (SSSR count). The van der Waals surface area contributed by atoms with Crippen molar-refractivity contribution < 1.29 is 4.79 Å². The quantitative estimate of drug-likeness (QED) is 0.840. The summed E-state index contributed by atoms with van der Waals surface area (Å²) in [5.41, 5.74) is 0.797. The van der Waals surface area contributed by atoms with E-state index in [0.717, 1.165) is 12.8 Å². The van der Waals surface area contributed by atoms with Crippen LogP contribution in [0.25, 0.3) is 0 Å². The summed E-state index contributed by atoms with van der Waals surface area (Å²) in [6.07, 6.45) is 2.01. The van der Waals surface area contributed by atoms with E-state index in [1.807, 2.05) is 0 Å². The van der Waals surface area contributed by atoms with Crippen molar-refractivity contribution in [2.24, 2.45) is 5.41 Å². The summed E-state index contributed by atoms with van der Waals surface area (Å²) in [4.78, 5) is 15.7. The Hall–Kier alpha value is -0.800. The summed E-state index contributed by atoms with van der Waals surface area (Å²) in [5.74, 6) is -0.142. The number of halogens is 2. The van der Waals surface area contributed by atoms with Crippen LogP contribution in [0.3, 0.4) is 0 Å². The fraction of sp³-hybridized carbons (Fsp3) is 0.500. The van der Waals surface area contributed by atoms with Crippen LogP contribution in [0.15, 0.2) is 12.1 Å². The molecule has 1 heterocycles. The Morgan fingerprint density at radius 2 is 1.88 bits per heavy atom. The second-order valence-corrected chi connectivity index (χ2v) is 6.02. The normalized spacial score (nSPS) is 18.6. The SMILES string of the molecule is CC1(C)CC(NC(=O)c2cc(Cl)nc(Cl)c2)C1. The lowest BCUT2D eigenvalue weighted by molar-refractivity contribution is 0.0803. The molecule has 0 unspecified atom stereocenters. The number of nitrogens with one attached hydrogen (secondary N) is 1. The van der Waals surface area contributed by atoms with Crippen molar-refractivity contribution >= 4 is 29.1 Å². The lowest BCUT2D eigenvalue weighted by Gasteiger charge is -2.42. The molecule has 17 heavy (non-hydrogen) atoms. The van der Waals surface area contributed by atoms with Crippen LogP contribution in [0.1, 0.15) is 37.0 Å². The van der Waals surface area contributed by atoms with E-state index in [1.54, 1.807) is 0 Å². The third-order valence-corrected chi connectivity index (χ3v) is 3.35. The molecule has 0 saturated heterocycles. The maximum absolute atomic E-state index is 11.9. The standard InChI is InChI=1S/C12H14Cl2N2O/c1-12(2)5-8(6-12)15-11(17)7-3-9(13)16-10(14)4-7/h3-4,8H,5-6H2,1-2H3,(H,15,17). The number of amides is 1. The molecule has 0 aliphatic heterocycles. The fourth-order valence-corrected chi connectivity index (χ4v) is 2.70. The van der Waals surface area contributed by atoms with E-state index in [0.29, 0.717) is 11.0 Å². The van der Waals surface area contributed by atoms with Crippen molar-refractivity contribution in [3.63, 3.8) is 0 Å². The van der Waals surface area contributed by atoms with Gasteiger partial charge in [0.2, 0.25) is 0 Å². The molecule has 1 aromatic heterocycles. The van der Waals surface area contributed by atoms with E-state index in [4.69, 9.17) is 23.2 Å². The molecular formula is C12H14Cl2N2O. The molecule has 1 aliphatic carbocycles. The Morgan fingerprint density at radius 3 is 2.35 bits per heavy atom. The van der Waals surface area contributed by atoms with Crippen LogP contribution in [-0.2, 0) is 0 Å². The molecule has 0 radical (unpaired) electrons. The largest absolute Gasteiger partial charge is 0.349 e. The highest BCUT2D eigenvalue weighted by Gasteiger charge is 2.36. The number of aromatic nitrogens is 1. The molecule has 1 N–H and O–H groups in total. The minimum absolute atomic E-state index is 0.142. The molecule has 1 saturated carbocycles. The van der Waals surface area contributed by atoms with Crippen molar-refractivity contribution in [2.75, 3.05) is 0 Å². The molecule has 0 spiro atoms. The zero-order valence-electron chi connectivity index (χ0n) is 9.76. The minimum Gasteiger partial charge on any atom is -0.349 e. The maximum atomic E-state index is 11.9. The molecule has 1 amide bonds. The predicted molar refractivity (Wildman–Crippen MR) is 68.5 cm³/mol. The Kier molecular flexibility index (Phi) is 3.32. The van der Waals surface area contributed by atoms with Crippen molar-refractivity contribution in [2.45, 2.75) is 32.7 Å². The lowest BCUT2D eigenvalue weighted by Crippen LogP contribution is -2.48. The van der Waals surface area contributed by atoms with E-state index in [-0.39, 0.29) is 22.3 Å². The fourth-order valence-electron chi connectivity index (χ4n) is 2.24. The van der Waals surface area contributed by atoms with Crippen LogP contribution >= 0.6 is 23.2 Å². The first-order valence-corrected chi connectivity index (χ1v) is 6.25. The molecule has 1 aliphatic rings. The van der Waals surface area contributed by atoms with Crippen LogP contribution in [-0.4, -0.2) is 16.9 Å². The number of carbonyl (C=O) groups excluding carboxylic acids is 1. The first-order chi connectivity index (χ1) is 7.85.